The van der Waals surface area contributed by atoms with Gasteiger partial charge in [0, 0.05) is 30.3 Å². The van der Waals surface area contributed by atoms with Crippen molar-refractivity contribution in [3.8, 4) is 17.2 Å². The number of nitrogens with zero attached hydrogens (tertiary/aromatic N) is 3. The topological polar surface area (TPSA) is 119 Å². The van der Waals surface area contributed by atoms with Gasteiger partial charge in [0.25, 0.3) is 11.8 Å². The third kappa shape index (κ3) is 3.72. The summed E-state index contributed by atoms with van der Waals surface area (Å²) < 4.78 is 24.6. The molecular weight excluding hydrogens is 477 g/mol. The molecule has 3 saturated carbocycles. The van der Waals surface area contributed by atoms with E-state index in [2.05, 4.69) is 25.6 Å². The molecule has 6 rings (SSSR count). The minimum absolute atomic E-state index is 0.00114. The summed E-state index contributed by atoms with van der Waals surface area (Å²) in [6, 6.07) is 4.00. The highest BCUT2D eigenvalue weighted by Crippen LogP contribution is 2.68. The molecule has 35 heavy (non-hydrogen) atoms. The average molecular weight is 500 g/mol. The van der Waals surface area contributed by atoms with Gasteiger partial charge in [0.05, 0.1) is 27.9 Å². The van der Waals surface area contributed by atoms with E-state index in [-0.39, 0.29) is 52.7 Å². The van der Waals surface area contributed by atoms with Gasteiger partial charge in [0.2, 0.25) is 11.7 Å². The van der Waals surface area contributed by atoms with Gasteiger partial charge in [0.15, 0.2) is 6.61 Å². The average Bonchev–Trinajstić information content (AvgIpc) is 3.34. The van der Waals surface area contributed by atoms with E-state index in [1.54, 1.807) is 19.3 Å². The van der Waals surface area contributed by atoms with Gasteiger partial charge >= 0.3 is 0 Å². The van der Waals surface area contributed by atoms with Gasteiger partial charge in [-0.2, -0.15) is 0 Å². The Balaban J connectivity index is 1.18. The van der Waals surface area contributed by atoms with E-state index in [9.17, 15) is 14.0 Å². The number of benzene rings is 1. The maximum atomic E-state index is 13.6. The number of halogens is 2. The number of hydrogen-bond donors (Lipinski definition) is 2. The summed E-state index contributed by atoms with van der Waals surface area (Å²) in [5.74, 6) is -0.122. The van der Waals surface area contributed by atoms with Crippen molar-refractivity contribution in [1.29, 1.82) is 0 Å². The maximum Gasteiger partial charge on any atom is 0.289 e. The number of hydrogen-bond acceptors (Lipinski definition) is 7. The number of oxazole rings is 1. The van der Waals surface area contributed by atoms with Crippen molar-refractivity contribution in [3.05, 3.63) is 59.2 Å². The highest BCUT2D eigenvalue weighted by Gasteiger charge is 2.80. The molecule has 182 valence electrons. The van der Waals surface area contributed by atoms with Crippen molar-refractivity contribution in [2.24, 2.45) is 11.8 Å². The molecule has 9 nitrogen and oxygen atoms in total. The molecule has 2 heterocycles. The smallest absolute Gasteiger partial charge is 0.289 e. The lowest BCUT2D eigenvalue weighted by molar-refractivity contribution is -0.226. The zero-order valence-corrected chi connectivity index (χ0v) is 20.0. The Morgan fingerprint density at radius 2 is 1.83 bits per heavy atom. The van der Waals surface area contributed by atoms with Gasteiger partial charge in [-0.3, -0.25) is 9.59 Å². The lowest BCUT2D eigenvalue weighted by Crippen LogP contribution is -2.94. The summed E-state index contributed by atoms with van der Waals surface area (Å²) in [6.07, 6.45) is 5.13. The van der Waals surface area contributed by atoms with Crippen LogP contribution in [0.3, 0.4) is 0 Å². The zero-order valence-electron chi connectivity index (χ0n) is 19.3. The molecule has 0 unspecified atom stereocenters. The standard InChI is InChI=1S/C24H23ClFN5O4/c1-12-23(30-20(32)10-34-16-4-5-17(25)18(26)6-16)11-24(12,13(23)2)31-21(33)19-9-29-22(35-19)15-7-27-14(3)28-8-15/h4-9,12-13H,10-11H2,1-3H3,(H,30,32)(H,31,33)/t12-,13-,23?,24?/m0/s1. The molecule has 0 aliphatic heterocycles. The SMILES string of the molecule is Cc1ncc(-c2ncc(C(=O)NC34CC(NC(=O)COc5ccc(Cl)c(F)c5)([C@@H]3C)[C@@H]4C)o2)cn1. The predicted octanol–water partition coefficient (Wildman–Crippen LogP) is 3.32. The second kappa shape index (κ2) is 8.30. The maximum absolute atomic E-state index is 13.6. The van der Waals surface area contributed by atoms with Crippen LogP contribution in [-0.4, -0.2) is 44.5 Å². The lowest BCUT2D eigenvalue weighted by Gasteiger charge is -2.79. The van der Waals surface area contributed by atoms with E-state index < -0.39 is 16.9 Å². The summed E-state index contributed by atoms with van der Waals surface area (Å²) in [4.78, 5) is 37.8. The third-order valence-electron chi connectivity index (χ3n) is 7.41. The Morgan fingerprint density at radius 1 is 1.14 bits per heavy atom. The van der Waals surface area contributed by atoms with Crippen LogP contribution >= 0.6 is 11.6 Å². The molecule has 2 bridgehead atoms. The van der Waals surface area contributed by atoms with Crippen molar-refractivity contribution >= 4 is 23.4 Å². The monoisotopic (exact) mass is 499 g/mol. The number of carbonyl (C=O) groups excluding carboxylic acids is 2. The van der Waals surface area contributed by atoms with E-state index >= 15 is 0 Å². The van der Waals surface area contributed by atoms with Gasteiger partial charge < -0.3 is 19.8 Å². The van der Waals surface area contributed by atoms with E-state index in [4.69, 9.17) is 20.8 Å². The fourth-order valence-electron chi connectivity index (χ4n) is 5.23. The normalized spacial score (nSPS) is 26.3. The molecule has 2 atom stereocenters. The second-order valence-electron chi connectivity index (χ2n) is 9.12. The molecule has 0 radical (unpaired) electrons. The first-order valence-corrected chi connectivity index (χ1v) is 11.5. The van der Waals surface area contributed by atoms with Crippen LogP contribution < -0.4 is 15.4 Å². The van der Waals surface area contributed by atoms with Crippen LogP contribution in [0.4, 0.5) is 4.39 Å². The van der Waals surface area contributed by atoms with Crippen LogP contribution in [-0.2, 0) is 4.79 Å². The molecule has 3 fully saturated rings. The van der Waals surface area contributed by atoms with Gasteiger partial charge in [-0.15, -0.1) is 0 Å². The van der Waals surface area contributed by atoms with E-state index in [0.717, 1.165) is 6.07 Å². The van der Waals surface area contributed by atoms with Gasteiger partial charge in [-0.1, -0.05) is 25.4 Å². The summed E-state index contributed by atoms with van der Waals surface area (Å²) in [6.45, 7) is 5.47. The summed E-state index contributed by atoms with van der Waals surface area (Å²) in [5.41, 5.74) is -0.318. The van der Waals surface area contributed by atoms with E-state index in [1.165, 1.54) is 18.3 Å². The van der Waals surface area contributed by atoms with Crippen LogP contribution in [0.2, 0.25) is 5.02 Å². The van der Waals surface area contributed by atoms with Crippen LogP contribution in [0.15, 0.2) is 41.2 Å². The fourth-order valence-corrected chi connectivity index (χ4v) is 5.35. The highest BCUT2D eigenvalue weighted by atomic mass is 35.5. The summed E-state index contributed by atoms with van der Waals surface area (Å²) in [7, 11) is 0. The van der Waals surface area contributed by atoms with Crippen molar-refractivity contribution in [2.75, 3.05) is 6.61 Å². The first kappa shape index (κ1) is 23.2. The van der Waals surface area contributed by atoms with Crippen molar-refractivity contribution in [1.82, 2.24) is 25.6 Å². The molecular formula is C24H23ClFN5O4. The first-order valence-electron chi connectivity index (χ1n) is 11.1. The third-order valence-corrected chi connectivity index (χ3v) is 7.72. The molecule has 0 saturated heterocycles. The van der Waals surface area contributed by atoms with E-state index in [0.29, 0.717) is 17.8 Å². The lowest BCUT2D eigenvalue weighted by atomic mass is 9.32. The number of aryl methyl sites for hydroxylation is 1. The number of carbonyl (C=O) groups is 2. The van der Waals surface area contributed by atoms with Crippen LogP contribution in [0.5, 0.6) is 5.75 Å². The molecule has 3 aliphatic rings. The zero-order chi connectivity index (χ0) is 25.0. The number of nitrogens with one attached hydrogen (secondary N) is 2. The Labute approximate surface area is 205 Å². The molecule has 11 heteroatoms. The second-order valence-corrected chi connectivity index (χ2v) is 9.52. The minimum atomic E-state index is -0.616. The molecule has 2 amide bonds. The molecule has 0 spiro atoms. The Hall–Kier alpha value is -3.53. The van der Waals surface area contributed by atoms with Crippen LogP contribution in [0.1, 0.15) is 36.6 Å². The number of aromatic nitrogens is 3. The number of ether oxygens (including phenoxy) is 1. The first-order chi connectivity index (χ1) is 16.6. The highest BCUT2D eigenvalue weighted by molar-refractivity contribution is 6.30. The molecule has 2 N–H and O–H groups in total. The molecule has 2 aromatic heterocycles. The fraction of sp³-hybridized carbons (Fsp3) is 0.375. The van der Waals surface area contributed by atoms with E-state index in [1.807, 2.05) is 13.8 Å². The summed E-state index contributed by atoms with van der Waals surface area (Å²) in [5, 5.41) is 6.10. The molecule has 1 aromatic carbocycles. The van der Waals surface area contributed by atoms with Crippen molar-refractivity contribution in [2.45, 2.75) is 38.3 Å². The quantitative estimate of drug-likeness (QED) is 0.511. The van der Waals surface area contributed by atoms with Gasteiger partial charge in [-0.25, -0.2) is 19.3 Å². The van der Waals surface area contributed by atoms with Crippen molar-refractivity contribution in [3.63, 3.8) is 0 Å². The van der Waals surface area contributed by atoms with Gasteiger partial charge in [0.1, 0.15) is 17.4 Å². The van der Waals surface area contributed by atoms with Gasteiger partial charge in [-0.05, 0) is 25.5 Å². The predicted molar refractivity (Wildman–Crippen MR) is 123 cm³/mol. The number of amides is 2. The van der Waals surface area contributed by atoms with Crippen molar-refractivity contribution < 1.29 is 23.1 Å². The minimum Gasteiger partial charge on any atom is -0.484 e. The Kier molecular flexibility index (Phi) is 5.51. The molecule has 3 aromatic rings. The largest absolute Gasteiger partial charge is 0.484 e. The Bertz CT molecular complexity index is 1300. The Morgan fingerprint density at radius 3 is 2.49 bits per heavy atom. The summed E-state index contributed by atoms with van der Waals surface area (Å²) >= 11 is 5.66. The number of rotatable bonds is 7. The molecule has 3 aliphatic carbocycles. The van der Waals surface area contributed by atoms with Crippen LogP contribution in [0.25, 0.3) is 11.5 Å². The van der Waals surface area contributed by atoms with Crippen LogP contribution in [0, 0.1) is 24.6 Å².